The van der Waals surface area contributed by atoms with Gasteiger partial charge in [-0.25, -0.2) is 4.98 Å². The summed E-state index contributed by atoms with van der Waals surface area (Å²) in [4.78, 5) is 17.1. The van der Waals surface area contributed by atoms with Crippen molar-refractivity contribution in [2.24, 2.45) is 0 Å². The van der Waals surface area contributed by atoms with Crippen LogP contribution in [-0.2, 0) is 11.2 Å². The van der Waals surface area contributed by atoms with Crippen molar-refractivity contribution in [1.82, 2.24) is 14.8 Å². The number of aryl methyl sites for hydroxylation is 1. The number of aromatic nitrogens is 3. The second kappa shape index (κ2) is 9.09. The number of amides is 1. The van der Waals surface area contributed by atoms with E-state index in [9.17, 15) is 10.1 Å². The zero-order chi connectivity index (χ0) is 21.6. The first-order valence-electron chi connectivity index (χ1n) is 10.0. The number of hydrogen-bond acceptors (Lipinski definition) is 5. The maximum absolute atomic E-state index is 12.5. The van der Waals surface area contributed by atoms with Gasteiger partial charge in [0.1, 0.15) is 17.4 Å². The maximum Gasteiger partial charge on any atom is 0.228 e. The standard InChI is InChI=1S/C24H21N5O2/c1-2-17-7-10-20(11-8-17)31-14-13-23(30)28-24-19(15-25)16-26-29(24)22-12-9-18-5-3-4-6-21(18)27-22/h3-12,16H,2,13-14H2,1H3,(H,28,30). The molecule has 2 aromatic carbocycles. The number of ether oxygens (including phenoxy) is 1. The fourth-order valence-electron chi connectivity index (χ4n) is 3.18. The predicted octanol–water partition coefficient (Wildman–Crippen LogP) is 4.26. The van der Waals surface area contributed by atoms with Crippen LogP contribution in [0.5, 0.6) is 5.75 Å². The predicted molar refractivity (Wildman–Crippen MR) is 118 cm³/mol. The number of hydrogen-bond donors (Lipinski definition) is 1. The van der Waals surface area contributed by atoms with E-state index in [0.717, 1.165) is 17.3 Å². The molecule has 4 aromatic rings. The first-order valence-corrected chi connectivity index (χ1v) is 10.0. The highest BCUT2D eigenvalue weighted by molar-refractivity contribution is 5.91. The van der Waals surface area contributed by atoms with Gasteiger partial charge >= 0.3 is 0 Å². The van der Waals surface area contributed by atoms with Gasteiger partial charge < -0.3 is 10.1 Å². The number of benzene rings is 2. The van der Waals surface area contributed by atoms with E-state index in [-0.39, 0.29) is 24.5 Å². The van der Waals surface area contributed by atoms with Crippen LogP contribution in [0.3, 0.4) is 0 Å². The molecule has 0 radical (unpaired) electrons. The maximum atomic E-state index is 12.5. The number of carbonyl (C=O) groups is 1. The SMILES string of the molecule is CCc1ccc(OCCC(=O)Nc2c(C#N)cnn2-c2ccc3ccccc3n2)cc1. The highest BCUT2D eigenvalue weighted by atomic mass is 16.5. The third-order valence-corrected chi connectivity index (χ3v) is 4.88. The molecule has 0 unspecified atom stereocenters. The average Bonchev–Trinajstić information content (AvgIpc) is 3.21. The van der Waals surface area contributed by atoms with Gasteiger partial charge in [0.25, 0.3) is 0 Å². The lowest BCUT2D eigenvalue weighted by molar-refractivity contribution is -0.116. The van der Waals surface area contributed by atoms with Crippen LogP contribution >= 0.6 is 0 Å². The first-order chi connectivity index (χ1) is 15.2. The van der Waals surface area contributed by atoms with E-state index in [1.807, 2.05) is 54.6 Å². The molecule has 0 saturated carbocycles. The van der Waals surface area contributed by atoms with Crippen LogP contribution in [0.15, 0.2) is 66.9 Å². The summed E-state index contributed by atoms with van der Waals surface area (Å²) in [6, 6.07) is 21.3. The van der Waals surface area contributed by atoms with Crippen molar-refractivity contribution >= 4 is 22.6 Å². The van der Waals surface area contributed by atoms with Crippen molar-refractivity contribution in [2.45, 2.75) is 19.8 Å². The Bertz CT molecular complexity index is 1260. The molecule has 0 fully saturated rings. The van der Waals surface area contributed by atoms with Crippen molar-refractivity contribution < 1.29 is 9.53 Å². The summed E-state index contributed by atoms with van der Waals surface area (Å²) in [5.41, 5.74) is 2.29. The van der Waals surface area contributed by atoms with Crippen molar-refractivity contribution in [2.75, 3.05) is 11.9 Å². The van der Waals surface area contributed by atoms with Gasteiger partial charge in [0, 0.05) is 5.39 Å². The molecule has 2 heterocycles. The van der Waals surface area contributed by atoms with Gasteiger partial charge in [-0.2, -0.15) is 15.0 Å². The Labute approximate surface area is 179 Å². The summed E-state index contributed by atoms with van der Waals surface area (Å²) < 4.78 is 7.12. The number of carbonyl (C=O) groups excluding carboxylic acids is 1. The van der Waals surface area contributed by atoms with E-state index < -0.39 is 0 Å². The lowest BCUT2D eigenvalue weighted by atomic mass is 10.2. The molecule has 31 heavy (non-hydrogen) atoms. The molecule has 7 nitrogen and oxygen atoms in total. The van der Waals surface area contributed by atoms with E-state index >= 15 is 0 Å². The number of fused-ring (bicyclic) bond motifs is 1. The Hall–Kier alpha value is -4.18. The molecule has 0 saturated heterocycles. The molecule has 0 bridgehead atoms. The molecule has 1 N–H and O–H groups in total. The van der Waals surface area contributed by atoms with Crippen LogP contribution in [0.1, 0.15) is 24.5 Å². The van der Waals surface area contributed by atoms with E-state index in [2.05, 4.69) is 28.4 Å². The van der Waals surface area contributed by atoms with Crippen molar-refractivity contribution in [1.29, 1.82) is 5.26 Å². The second-order valence-electron chi connectivity index (χ2n) is 6.94. The molecule has 2 aromatic heterocycles. The van der Waals surface area contributed by atoms with Gasteiger partial charge in [-0.3, -0.25) is 4.79 Å². The third-order valence-electron chi connectivity index (χ3n) is 4.88. The van der Waals surface area contributed by atoms with E-state index in [1.54, 1.807) is 6.07 Å². The number of para-hydroxylation sites is 1. The minimum atomic E-state index is -0.274. The van der Waals surface area contributed by atoms with E-state index in [1.165, 1.54) is 16.4 Å². The number of pyridine rings is 1. The molecule has 0 aliphatic rings. The van der Waals surface area contributed by atoms with Gasteiger partial charge in [0.2, 0.25) is 5.91 Å². The van der Waals surface area contributed by atoms with Crippen LogP contribution in [0.2, 0.25) is 0 Å². The van der Waals surface area contributed by atoms with Gasteiger partial charge in [0.05, 0.1) is 24.7 Å². The monoisotopic (exact) mass is 411 g/mol. The molecular formula is C24H21N5O2. The topological polar surface area (TPSA) is 92.8 Å². The van der Waals surface area contributed by atoms with Gasteiger partial charge in [-0.1, -0.05) is 37.3 Å². The Morgan fingerprint density at radius 3 is 2.71 bits per heavy atom. The summed E-state index contributed by atoms with van der Waals surface area (Å²) >= 11 is 0. The Morgan fingerprint density at radius 1 is 1.13 bits per heavy atom. The van der Waals surface area contributed by atoms with Crippen LogP contribution < -0.4 is 10.1 Å². The number of rotatable bonds is 7. The Morgan fingerprint density at radius 2 is 1.94 bits per heavy atom. The van der Waals surface area contributed by atoms with E-state index in [0.29, 0.717) is 17.4 Å². The molecule has 0 aliphatic carbocycles. The fourth-order valence-corrected chi connectivity index (χ4v) is 3.18. The third kappa shape index (κ3) is 4.54. The Balaban J connectivity index is 1.46. The number of nitrogens with zero attached hydrogens (tertiary/aromatic N) is 4. The fraction of sp³-hybridized carbons (Fsp3) is 0.167. The van der Waals surface area contributed by atoms with Crippen LogP contribution in [-0.4, -0.2) is 27.3 Å². The number of nitriles is 1. The molecule has 0 atom stereocenters. The lowest BCUT2D eigenvalue weighted by Gasteiger charge is -2.10. The van der Waals surface area contributed by atoms with Gasteiger partial charge in [0.15, 0.2) is 11.6 Å². The summed E-state index contributed by atoms with van der Waals surface area (Å²) in [5, 5.41) is 17.5. The number of nitrogens with one attached hydrogen (secondary N) is 1. The Kier molecular flexibility index (Phi) is 5.90. The minimum Gasteiger partial charge on any atom is -0.493 e. The van der Waals surface area contributed by atoms with Crippen LogP contribution in [0.25, 0.3) is 16.7 Å². The highest BCUT2D eigenvalue weighted by Gasteiger charge is 2.16. The smallest absolute Gasteiger partial charge is 0.228 e. The molecule has 4 rings (SSSR count). The highest BCUT2D eigenvalue weighted by Crippen LogP contribution is 2.21. The quantitative estimate of drug-likeness (QED) is 0.490. The lowest BCUT2D eigenvalue weighted by Crippen LogP contribution is -2.18. The van der Waals surface area contributed by atoms with Gasteiger partial charge in [-0.05, 0) is 42.3 Å². The summed E-state index contributed by atoms with van der Waals surface area (Å²) in [7, 11) is 0. The normalized spacial score (nSPS) is 10.6. The minimum absolute atomic E-state index is 0.136. The first kappa shape index (κ1) is 20.1. The molecule has 7 heteroatoms. The zero-order valence-corrected chi connectivity index (χ0v) is 17.1. The molecule has 1 amide bonds. The molecule has 0 aliphatic heterocycles. The second-order valence-corrected chi connectivity index (χ2v) is 6.94. The summed E-state index contributed by atoms with van der Waals surface area (Å²) in [5.74, 6) is 1.25. The van der Waals surface area contributed by atoms with Crippen molar-refractivity contribution in [3.8, 4) is 17.6 Å². The largest absolute Gasteiger partial charge is 0.493 e. The van der Waals surface area contributed by atoms with E-state index in [4.69, 9.17) is 4.74 Å². The molecule has 154 valence electrons. The van der Waals surface area contributed by atoms with Crippen LogP contribution in [0.4, 0.5) is 5.82 Å². The van der Waals surface area contributed by atoms with Crippen molar-refractivity contribution in [3.05, 3.63) is 78.0 Å². The number of anilines is 1. The summed E-state index contributed by atoms with van der Waals surface area (Å²) in [6.45, 7) is 2.31. The molecular weight excluding hydrogens is 390 g/mol. The molecule has 0 spiro atoms. The zero-order valence-electron chi connectivity index (χ0n) is 17.1. The van der Waals surface area contributed by atoms with Crippen LogP contribution in [0, 0.1) is 11.3 Å². The van der Waals surface area contributed by atoms with Crippen molar-refractivity contribution in [3.63, 3.8) is 0 Å². The van der Waals surface area contributed by atoms with Gasteiger partial charge in [-0.15, -0.1) is 0 Å². The average molecular weight is 411 g/mol. The summed E-state index contributed by atoms with van der Waals surface area (Å²) in [6.07, 6.45) is 2.51.